The zero-order valence-corrected chi connectivity index (χ0v) is 14.4. The first-order valence-electron chi connectivity index (χ1n) is 7.43. The molecule has 0 radical (unpaired) electrons. The fourth-order valence-corrected chi connectivity index (χ4v) is 1.70. The molecule has 0 aromatic rings. The third-order valence-corrected chi connectivity index (χ3v) is 3.06. The lowest BCUT2D eigenvalue weighted by Gasteiger charge is -2.28. The molecule has 0 heterocycles. The molecule has 0 rings (SSSR count). The molecule has 0 aromatic carbocycles. The van der Waals surface area contributed by atoms with Crippen LogP contribution in [0.2, 0.25) is 0 Å². The van der Waals surface area contributed by atoms with Gasteiger partial charge in [-0.25, -0.2) is 0 Å². The lowest BCUT2D eigenvalue weighted by Crippen LogP contribution is -2.44. The SMILES string of the molecule is C\C=C/C=C\C=C\C(O)(C(/C=C\C(C)=C\C=NC)=C/C)C(F)(F)F. The third-order valence-electron chi connectivity index (χ3n) is 3.06. The molecule has 132 valence electrons. The van der Waals surface area contributed by atoms with E-state index in [-0.39, 0.29) is 5.57 Å². The second kappa shape index (κ2) is 10.6. The van der Waals surface area contributed by atoms with Crippen LogP contribution in [-0.2, 0) is 0 Å². The number of aliphatic hydroxyl groups is 1. The molecule has 0 bridgehead atoms. The molecule has 0 aliphatic heterocycles. The van der Waals surface area contributed by atoms with Gasteiger partial charge >= 0.3 is 6.18 Å². The van der Waals surface area contributed by atoms with Crippen LogP contribution in [0.4, 0.5) is 13.2 Å². The Bertz CT molecular complexity index is 590. The number of alkyl halides is 3. The van der Waals surface area contributed by atoms with Crippen LogP contribution in [0.1, 0.15) is 20.8 Å². The molecule has 1 unspecified atom stereocenters. The molecule has 0 saturated heterocycles. The Kier molecular flexibility index (Phi) is 9.65. The largest absolute Gasteiger partial charge is 0.425 e. The zero-order chi connectivity index (χ0) is 18.6. The smallest absolute Gasteiger partial charge is 0.373 e. The molecule has 0 fully saturated rings. The predicted octanol–water partition coefficient (Wildman–Crippen LogP) is 5.12. The summed E-state index contributed by atoms with van der Waals surface area (Å²) in [4.78, 5) is 3.77. The molecule has 1 N–H and O–H groups in total. The van der Waals surface area contributed by atoms with Crippen molar-refractivity contribution in [2.24, 2.45) is 4.99 Å². The summed E-state index contributed by atoms with van der Waals surface area (Å²) in [6, 6.07) is 0. The minimum absolute atomic E-state index is 0.258. The number of halogens is 3. The van der Waals surface area contributed by atoms with E-state index in [2.05, 4.69) is 4.99 Å². The second-order valence-electron chi connectivity index (χ2n) is 4.93. The fraction of sp³-hybridized carbons (Fsp3) is 0.316. The maximum Gasteiger partial charge on any atom is 0.425 e. The van der Waals surface area contributed by atoms with Crippen LogP contribution in [0.25, 0.3) is 0 Å². The van der Waals surface area contributed by atoms with Gasteiger partial charge in [-0.05, 0) is 44.1 Å². The Morgan fingerprint density at radius 2 is 1.62 bits per heavy atom. The molecule has 0 saturated carbocycles. The normalized spacial score (nSPS) is 18.0. The van der Waals surface area contributed by atoms with E-state index in [4.69, 9.17) is 0 Å². The van der Waals surface area contributed by atoms with Gasteiger partial charge in [-0.15, -0.1) is 0 Å². The molecular formula is C19H24F3NO. The Morgan fingerprint density at radius 3 is 2.12 bits per heavy atom. The van der Waals surface area contributed by atoms with Gasteiger partial charge < -0.3 is 5.11 Å². The molecular weight excluding hydrogens is 315 g/mol. The average Bonchev–Trinajstić information content (AvgIpc) is 2.52. The Hall–Kier alpha value is -2.14. The molecule has 1 atom stereocenters. The van der Waals surface area contributed by atoms with Crippen molar-refractivity contribution < 1.29 is 18.3 Å². The van der Waals surface area contributed by atoms with Crippen molar-refractivity contribution in [3.8, 4) is 0 Å². The van der Waals surface area contributed by atoms with Gasteiger partial charge in [0.05, 0.1) is 0 Å². The highest BCUT2D eigenvalue weighted by Gasteiger charge is 2.53. The molecule has 0 aliphatic carbocycles. The standard InChI is InChI=1S/C19H24F3NO/c1-5-7-8-9-10-14-18(24,19(20,21)22)17(6-2)12-11-16(3)13-15-23-4/h5-15,24H,1-4H3/b7-5-,9-8-,12-11-,14-10+,16-13+,17-6+,23-15?. The Labute approximate surface area is 141 Å². The lowest BCUT2D eigenvalue weighted by molar-refractivity contribution is -0.223. The van der Waals surface area contributed by atoms with Crippen LogP contribution in [-0.4, -0.2) is 30.1 Å². The van der Waals surface area contributed by atoms with Crippen molar-refractivity contribution in [2.75, 3.05) is 7.05 Å². The lowest BCUT2D eigenvalue weighted by atomic mass is 9.91. The first kappa shape index (κ1) is 21.9. The summed E-state index contributed by atoms with van der Waals surface area (Å²) in [5.74, 6) is 0. The van der Waals surface area contributed by atoms with Crippen molar-refractivity contribution in [3.63, 3.8) is 0 Å². The highest BCUT2D eigenvalue weighted by molar-refractivity contribution is 5.72. The van der Waals surface area contributed by atoms with Crippen molar-refractivity contribution in [1.82, 2.24) is 0 Å². The third kappa shape index (κ3) is 6.96. The van der Waals surface area contributed by atoms with Gasteiger partial charge in [-0.1, -0.05) is 48.6 Å². The topological polar surface area (TPSA) is 32.6 Å². The first-order chi connectivity index (χ1) is 11.2. The van der Waals surface area contributed by atoms with Crippen LogP contribution < -0.4 is 0 Å². The summed E-state index contributed by atoms with van der Waals surface area (Å²) in [7, 11) is 1.60. The van der Waals surface area contributed by atoms with E-state index in [9.17, 15) is 18.3 Å². The predicted molar refractivity (Wildman–Crippen MR) is 95.2 cm³/mol. The zero-order valence-electron chi connectivity index (χ0n) is 14.4. The number of allylic oxidation sites excluding steroid dienone is 9. The van der Waals surface area contributed by atoms with Gasteiger partial charge in [0, 0.05) is 13.3 Å². The van der Waals surface area contributed by atoms with Crippen molar-refractivity contribution in [3.05, 3.63) is 71.9 Å². The maximum atomic E-state index is 13.4. The first-order valence-corrected chi connectivity index (χ1v) is 7.43. The van der Waals surface area contributed by atoms with E-state index in [1.165, 1.54) is 43.5 Å². The van der Waals surface area contributed by atoms with Crippen LogP contribution in [0.3, 0.4) is 0 Å². The highest BCUT2D eigenvalue weighted by Crippen LogP contribution is 2.38. The maximum absolute atomic E-state index is 13.4. The molecule has 5 heteroatoms. The van der Waals surface area contributed by atoms with Gasteiger partial charge in [0.2, 0.25) is 5.60 Å². The number of aliphatic imine (C=N–C) groups is 1. The molecule has 2 nitrogen and oxygen atoms in total. The summed E-state index contributed by atoms with van der Waals surface area (Å²) in [5.41, 5.74) is -2.61. The number of rotatable bonds is 7. The summed E-state index contributed by atoms with van der Waals surface area (Å²) in [6.07, 6.45) is 10.7. The second-order valence-corrected chi connectivity index (χ2v) is 4.93. The van der Waals surface area contributed by atoms with Crippen molar-refractivity contribution >= 4 is 6.21 Å². The monoisotopic (exact) mass is 339 g/mol. The molecule has 0 spiro atoms. The van der Waals surface area contributed by atoms with E-state index in [0.717, 1.165) is 6.08 Å². The van der Waals surface area contributed by atoms with Crippen LogP contribution in [0.5, 0.6) is 0 Å². The van der Waals surface area contributed by atoms with Crippen LogP contribution in [0.15, 0.2) is 76.9 Å². The number of nitrogens with zero attached hydrogens (tertiary/aromatic N) is 1. The summed E-state index contributed by atoms with van der Waals surface area (Å²) in [5, 5.41) is 10.2. The molecule has 0 aromatic heterocycles. The van der Waals surface area contributed by atoms with Crippen molar-refractivity contribution in [1.29, 1.82) is 0 Å². The van der Waals surface area contributed by atoms with Crippen LogP contribution in [0, 0.1) is 0 Å². The Morgan fingerprint density at radius 1 is 1.00 bits per heavy atom. The van der Waals surface area contributed by atoms with Gasteiger partial charge in [0.1, 0.15) is 0 Å². The summed E-state index contributed by atoms with van der Waals surface area (Å²) in [6.45, 7) is 4.97. The van der Waals surface area contributed by atoms with Gasteiger partial charge in [0.15, 0.2) is 0 Å². The van der Waals surface area contributed by atoms with E-state index in [0.29, 0.717) is 5.57 Å². The van der Waals surface area contributed by atoms with Gasteiger partial charge in [-0.2, -0.15) is 13.2 Å². The van der Waals surface area contributed by atoms with E-state index in [1.54, 1.807) is 45.2 Å². The fourth-order valence-electron chi connectivity index (χ4n) is 1.70. The Balaban J connectivity index is 5.67. The van der Waals surface area contributed by atoms with E-state index >= 15 is 0 Å². The van der Waals surface area contributed by atoms with Crippen molar-refractivity contribution in [2.45, 2.75) is 32.5 Å². The molecule has 24 heavy (non-hydrogen) atoms. The van der Waals surface area contributed by atoms with Crippen LogP contribution >= 0.6 is 0 Å². The number of hydrogen-bond acceptors (Lipinski definition) is 2. The number of hydrogen-bond donors (Lipinski definition) is 1. The minimum Gasteiger partial charge on any atom is -0.373 e. The summed E-state index contributed by atoms with van der Waals surface area (Å²) >= 11 is 0. The van der Waals surface area contributed by atoms with Gasteiger partial charge in [-0.3, -0.25) is 4.99 Å². The minimum atomic E-state index is -4.84. The van der Waals surface area contributed by atoms with E-state index in [1.807, 2.05) is 0 Å². The average molecular weight is 339 g/mol. The molecule has 0 amide bonds. The summed E-state index contributed by atoms with van der Waals surface area (Å²) < 4.78 is 40.2. The van der Waals surface area contributed by atoms with E-state index < -0.39 is 11.8 Å². The van der Waals surface area contributed by atoms with Gasteiger partial charge in [0.25, 0.3) is 0 Å². The highest BCUT2D eigenvalue weighted by atomic mass is 19.4. The quantitative estimate of drug-likeness (QED) is 0.507. The molecule has 0 aliphatic rings.